The molecule has 4 unspecified atom stereocenters. The van der Waals surface area contributed by atoms with Gasteiger partial charge in [0.25, 0.3) is 0 Å². The predicted molar refractivity (Wildman–Crippen MR) is 90.9 cm³/mol. The van der Waals surface area contributed by atoms with E-state index >= 15 is 0 Å². The summed E-state index contributed by atoms with van der Waals surface area (Å²) in [5.74, 6) is -1.91. The zero-order chi connectivity index (χ0) is 19.4. The van der Waals surface area contributed by atoms with Gasteiger partial charge < -0.3 is 37.7 Å². The molecule has 0 aliphatic carbocycles. The number of carbonyl (C=O) groups is 2. The van der Waals surface area contributed by atoms with Crippen LogP contribution in [-0.2, 0) is 9.59 Å². The van der Waals surface area contributed by atoms with Crippen molar-refractivity contribution in [3.8, 4) is 0 Å². The minimum atomic E-state index is -0.979. The second-order valence-electron chi connectivity index (χ2n) is 6.20. The lowest BCUT2D eigenvalue weighted by molar-refractivity contribution is -0.161. The van der Waals surface area contributed by atoms with Gasteiger partial charge in [-0.05, 0) is 38.6 Å². The average Bonchev–Trinajstić information content (AvgIpc) is 2.98. The van der Waals surface area contributed by atoms with Crippen LogP contribution in [0.1, 0.15) is 44.9 Å². The molecule has 0 saturated carbocycles. The molecular weight excluding hydrogens is 332 g/mol. The first-order valence-electron chi connectivity index (χ1n) is 8.51. The minimum Gasteiger partial charge on any atom is -0.480 e. The van der Waals surface area contributed by atoms with Crippen molar-refractivity contribution in [2.75, 3.05) is 13.1 Å². The fourth-order valence-electron chi connectivity index (χ4n) is 2.45. The molecule has 1 rings (SSSR count). The molecule has 10 heteroatoms. The minimum absolute atomic E-state index is 0.287. The van der Waals surface area contributed by atoms with E-state index in [1.165, 1.54) is 0 Å². The van der Waals surface area contributed by atoms with E-state index in [4.69, 9.17) is 32.6 Å². The van der Waals surface area contributed by atoms with Crippen LogP contribution in [0.3, 0.4) is 0 Å². The second kappa shape index (κ2) is 13.0. The summed E-state index contributed by atoms with van der Waals surface area (Å²) in [7, 11) is 0. The smallest absolute Gasteiger partial charge is 0.323 e. The lowest BCUT2D eigenvalue weighted by atomic mass is 10.0. The Kier molecular flexibility index (Phi) is 12.3. The number of aliphatic hydroxyl groups excluding tert-OH is 1. The Morgan fingerprint density at radius 2 is 1.72 bits per heavy atom. The van der Waals surface area contributed by atoms with Crippen LogP contribution in [0.25, 0.3) is 0 Å². The van der Waals surface area contributed by atoms with E-state index in [1.807, 2.05) is 0 Å². The third kappa shape index (κ3) is 10.3. The molecule has 4 atom stereocenters. The summed E-state index contributed by atoms with van der Waals surface area (Å²) in [6.45, 7) is 0.899. The first-order valence-corrected chi connectivity index (χ1v) is 8.51. The topological polar surface area (TPSA) is 196 Å². The van der Waals surface area contributed by atoms with Crippen LogP contribution in [0.4, 0.5) is 0 Å². The monoisotopic (exact) mass is 364 g/mol. The van der Waals surface area contributed by atoms with Gasteiger partial charge in [0.05, 0.1) is 6.10 Å². The standard InChI is InChI=1S/C10H23N3O3.C5H9NO3/c11-6-5-9(14)7(12)3-1-2-4-8(13)10(15)16;7-5(8)4-2-1-3-6(4)9/h7-9,14H,1-6,11-13H2,(H,15,16);4,9H,1-3H2,(H,7,8). The van der Waals surface area contributed by atoms with E-state index in [-0.39, 0.29) is 6.04 Å². The Balaban J connectivity index is 0.000000535. The number of aliphatic carboxylic acids is 2. The van der Waals surface area contributed by atoms with Crippen LogP contribution >= 0.6 is 0 Å². The molecule has 1 fully saturated rings. The van der Waals surface area contributed by atoms with Gasteiger partial charge in [0.1, 0.15) is 12.1 Å². The van der Waals surface area contributed by atoms with E-state index in [0.717, 1.165) is 17.9 Å². The normalized spacial score (nSPS) is 21.1. The third-order valence-corrected chi connectivity index (χ3v) is 4.09. The van der Waals surface area contributed by atoms with Crippen molar-refractivity contribution in [1.82, 2.24) is 5.06 Å². The fraction of sp³-hybridized carbons (Fsp3) is 0.867. The molecule has 0 spiro atoms. The summed E-state index contributed by atoms with van der Waals surface area (Å²) in [6, 6.07) is -1.75. The first-order chi connectivity index (χ1) is 11.7. The zero-order valence-corrected chi connectivity index (χ0v) is 14.5. The summed E-state index contributed by atoms with van der Waals surface area (Å²) >= 11 is 0. The number of carboxylic acid groups (broad SMARTS) is 2. The average molecular weight is 364 g/mol. The molecule has 1 aliphatic rings. The number of unbranched alkanes of at least 4 members (excludes halogenated alkanes) is 1. The van der Waals surface area contributed by atoms with E-state index in [0.29, 0.717) is 45.2 Å². The second-order valence-corrected chi connectivity index (χ2v) is 6.20. The molecule has 25 heavy (non-hydrogen) atoms. The lowest BCUT2D eigenvalue weighted by Crippen LogP contribution is -2.36. The van der Waals surface area contributed by atoms with Crippen LogP contribution in [0.2, 0.25) is 0 Å². The Morgan fingerprint density at radius 1 is 1.12 bits per heavy atom. The molecule has 1 heterocycles. The highest BCUT2D eigenvalue weighted by atomic mass is 16.5. The summed E-state index contributed by atoms with van der Waals surface area (Å²) in [5, 5.41) is 36.1. The molecule has 0 amide bonds. The SMILES string of the molecule is NCCC(O)C(N)CCCCC(N)C(=O)O.O=C(O)C1CCCN1O. The van der Waals surface area contributed by atoms with Crippen molar-refractivity contribution < 1.29 is 30.1 Å². The number of hydrogen-bond donors (Lipinski definition) is 7. The molecule has 1 saturated heterocycles. The Bertz CT molecular complexity index is 398. The Morgan fingerprint density at radius 3 is 2.12 bits per heavy atom. The molecule has 148 valence electrons. The van der Waals surface area contributed by atoms with Gasteiger partial charge in [-0.25, -0.2) is 0 Å². The molecule has 10 N–H and O–H groups in total. The number of nitrogens with zero attached hydrogens (tertiary/aromatic N) is 1. The summed E-state index contributed by atoms with van der Waals surface area (Å²) in [6.07, 6.45) is 3.83. The van der Waals surface area contributed by atoms with Crippen molar-refractivity contribution >= 4 is 11.9 Å². The van der Waals surface area contributed by atoms with Crippen molar-refractivity contribution in [2.24, 2.45) is 17.2 Å². The van der Waals surface area contributed by atoms with E-state index < -0.39 is 30.1 Å². The quantitative estimate of drug-likeness (QED) is 0.234. The highest BCUT2D eigenvalue weighted by Gasteiger charge is 2.28. The molecule has 0 bridgehead atoms. The number of hydroxylamine groups is 2. The van der Waals surface area contributed by atoms with Gasteiger partial charge in [-0.15, -0.1) is 0 Å². The number of rotatable bonds is 10. The number of nitrogens with two attached hydrogens (primary N) is 3. The molecule has 0 aromatic carbocycles. The number of carboxylic acids is 2. The van der Waals surface area contributed by atoms with E-state index in [1.54, 1.807) is 0 Å². The van der Waals surface area contributed by atoms with Crippen LogP contribution in [-0.4, -0.2) is 74.8 Å². The number of aliphatic hydroxyl groups is 1. The highest BCUT2D eigenvalue weighted by Crippen LogP contribution is 2.13. The molecule has 10 nitrogen and oxygen atoms in total. The van der Waals surface area contributed by atoms with Crippen LogP contribution in [0, 0.1) is 0 Å². The maximum Gasteiger partial charge on any atom is 0.323 e. The zero-order valence-electron chi connectivity index (χ0n) is 14.5. The number of hydrogen-bond acceptors (Lipinski definition) is 8. The maximum absolute atomic E-state index is 10.4. The van der Waals surface area contributed by atoms with Gasteiger partial charge in [0.15, 0.2) is 0 Å². The van der Waals surface area contributed by atoms with Gasteiger partial charge in [0, 0.05) is 12.6 Å². The van der Waals surface area contributed by atoms with Gasteiger partial charge in [-0.1, -0.05) is 12.8 Å². The van der Waals surface area contributed by atoms with Crippen molar-refractivity contribution in [1.29, 1.82) is 0 Å². The fourth-order valence-corrected chi connectivity index (χ4v) is 2.45. The largest absolute Gasteiger partial charge is 0.480 e. The van der Waals surface area contributed by atoms with Gasteiger partial charge in [-0.3, -0.25) is 9.59 Å². The molecule has 0 aromatic rings. The van der Waals surface area contributed by atoms with E-state index in [9.17, 15) is 14.7 Å². The van der Waals surface area contributed by atoms with Gasteiger partial charge in [-0.2, -0.15) is 5.06 Å². The molecule has 0 aromatic heterocycles. The van der Waals surface area contributed by atoms with E-state index in [2.05, 4.69) is 0 Å². The molecule has 0 radical (unpaired) electrons. The van der Waals surface area contributed by atoms with Crippen LogP contribution in [0.5, 0.6) is 0 Å². The molecular formula is C15H32N4O6. The molecule has 1 aliphatic heterocycles. The maximum atomic E-state index is 10.4. The lowest BCUT2D eigenvalue weighted by Gasteiger charge is -2.18. The van der Waals surface area contributed by atoms with Crippen molar-refractivity contribution in [2.45, 2.75) is 69.2 Å². The summed E-state index contributed by atoms with van der Waals surface area (Å²) in [5.41, 5.74) is 16.4. The predicted octanol–water partition coefficient (Wildman–Crippen LogP) is -1.08. The first kappa shape index (κ1) is 23.7. The highest BCUT2D eigenvalue weighted by molar-refractivity contribution is 5.73. The van der Waals surface area contributed by atoms with Crippen molar-refractivity contribution in [3.63, 3.8) is 0 Å². The summed E-state index contributed by atoms with van der Waals surface area (Å²) in [4.78, 5) is 20.6. The summed E-state index contributed by atoms with van der Waals surface area (Å²) < 4.78 is 0. The van der Waals surface area contributed by atoms with Crippen molar-refractivity contribution in [3.05, 3.63) is 0 Å². The Hall–Kier alpha value is -1.30. The third-order valence-electron chi connectivity index (χ3n) is 4.09. The Labute approximate surface area is 147 Å². The van der Waals surface area contributed by atoms with Gasteiger partial charge in [0.2, 0.25) is 0 Å². The van der Waals surface area contributed by atoms with Gasteiger partial charge >= 0.3 is 11.9 Å². The van der Waals surface area contributed by atoms with Crippen LogP contribution < -0.4 is 17.2 Å². The van der Waals surface area contributed by atoms with Crippen LogP contribution in [0.15, 0.2) is 0 Å².